The Hall–Kier alpha value is -1.21. The predicted octanol–water partition coefficient (Wildman–Crippen LogP) is 0.918. The average molecular weight is 290 g/mol. The van der Waals surface area contributed by atoms with Gasteiger partial charge in [-0.15, -0.1) is 0 Å². The summed E-state index contributed by atoms with van der Waals surface area (Å²) < 4.78 is 34.3. The molecule has 0 amide bonds. The molecule has 1 aromatic carbocycles. The van der Waals surface area contributed by atoms with Crippen molar-refractivity contribution in [2.24, 2.45) is 5.92 Å². The van der Waals surface area contributed by atoms with Crippen molar-refractivity contribution in [3.05, 3.63) is 24.3 Å². The lowest BCUT2D eigenvalue weighted by atomic mass is 10.2. The predicted molar refractivity (Wildman–Crippen MR) is 67.6 cm³/mol. The third kappa shape index (κ3) is 3.92. The van der Waals surface area contributed by atoms with Crippen molar-refractivity contribution in [2.45, 2.75) is 16.7 Å². The lowest BCUT2D eigenvalue weighted by Gasteiger charge is -2.06. The quantitative estimate of drug-likeness (QED) is 0.871. The summed E-state index contributed by atoms with van der Waals surface area (Å²) in [5.74, 6) is -1.70. The van der Waals surface area contributed by atoms with Crippen molar-refractivity contribution in [1.29, 1.82) is 0 Å². The summed E-state index contributed by atoms with van der Waals surface area (Å²) in [6.45, 7) is 1.48. The molecule has 1 aromatic rings. The molecule has 0 aliphatic heterocycles. The lowest BCUT2D eigenvalue weighted by molar-refractivity contribution is -0.140. The third-order valence-electron chi connectivity index (χ3n) is 2.34. The van der Waals surface area contributed by atoms with Crippen LogP contribution < -0.4 is 0 Å². The summed E-state index contributed by atoms with van der Waals surface area (Å²) in [6.07, 6.45) is 1.09. The van der Waals surface area contributed by atoms with Crippen LogP contribution in [0.2, 0.25) is 0 Å². The van der Waals surface area contributed by atoms with Gasteiger partial charge in [-0.1, -0.05) is 6.92 Å². The van der Waals surface area contributed by atoms with Gasteiger partial charge in [-0.05, 0) is 24.3 Å². The molecule has 7 heteroatoms. The fourth-order valence-corrected chi connectivity index (χ4v) is 3.09. The number of hydrogen-bond donors (Lipinski definition) is 1. The van der Waals surface area contributed by atoms with E-state index in [1.807, 2.05) is 0 Å². The SMILES string of the molecule is CC(CS(=O)c1ccc(S(C)(=O)=O)cc1)C(=O)O. The van der Waals surface area contributed by atoms with Crippen LogP contribution in [0.3, 0.4) is 0 Å². The molecule has 2 atom stereocenters. The number of aliphatic carboxylic acids is 1. The summed E-state index contributed by atoms with van der Waals surface area (Å²) in [6, 6.07) is 5.63. The van der Waals surface area contributed by atoms with E-state index in [4.69, 9.17) is 5.11 Å². The minimum Gasteiger partial charge on any atom is -0.481 e. The highest BCUT2D eigenvalue weighted by Gasteiger charge is 2.16. The van der Waals surface area contributed by atoms with Crippen LogP contribution in [-0.2, 0) is 25.4 Å². The van der Waals surface area contributed by atoms with Gasteiger partial charge in [0, 0.05) is 16.9 Å². The summed E-state index contributed by atoms with van der Waals surface area (Å²) in [4.78, 5) is 11.2. The van der Waals surface area contributed by atoms with Crippen LogP contribution in [0.5, 0.6) is 0 Å². The van der Waals surface area contributed by atoms with Crippen LogP contribution in [0, 0.1) is 5.92 Å². The molecule has 0 aromatic heterocycles. The number of sulfone groups is 1. The zero-order valence-corrected chi connectivity index (χ0v) is 11.6. The zero-order valence-electron chi connectivity index (χ0n) is 9.99. The van der Waals surface area contributed by atoms with Gasteiger partial charge in [-0.2, -0.15) is 0 Å². The van der Waals surface area contributed by atoms with Gasteiger partial charge >= 0.3 is 5.97 Å². The zero-order chi connectivity index (χ0) is 13.9. The number of carboxylic acids is 1. The molecule has 18 heavy (non-hydrogen) atoms. The first-order valence-electron chi connectivity index (χ1n) is 5.13. The van der Waals surface area contributed by atoms with Gasteiger partial charge < -0.3 is 5.11 Å². The van der Waals surface area contributed by atoms with Crippen molar-refractivity contribution in [1.82, 2.24) is 0 Å². The Morgan fingerprint density at radius 3 is 2.22 bits per heavy atom. The standard InChI is InChI=1S/C11H14O5S2/c1-8(11(12)13)7-17(14)9-3-5-10(6-4-9)18(2,15)16/h3-6,8H,7H2,1-2H3,(H,12,13). The summed E-state index contributed by atoms with van der Waals surface area (Å²) in [5, 5.41) is 8.71. The second kappa shape index (κ2) is 5.62. The number of benzene rings is 1. The Labute approximate surface area is 108 Å². The fraction of sp³-hybridized carbons (Fsp3) is 0.364. The first kappa shape index (κ1) is 14.8. The van der Waals surface area contributed by atoms with E-state index in [-0.39, 0.29) is 10.6 Å². The molecule has 0 saturated heterocycles. The van der Waals surface area contributed by atoms with Gasteiger partial charge in [0.05, 0.1) is 21.6 Å². The lowest BCUT2D eigenvalue weighted by Crippen LogP contribution is -2.17. The first-order valence-corrected chi connectivity index (χ1v) is 8.34. The second-order valence-electron chi connectivity index (χ2n) is 4.00. The Kier molecular flexibility index (Phi) is 4.64. The largest absolute Gasteiger partial charge is 0.481 e. The maximum atomic E-state index is 11.8. The molecular weight excluding hydrogens is 276 g/mol. The van der Waals surface area contributed by atoms with Crippen molar-refractivity contribution in [2.75, 3.05) is 12.0 Å². The van der Waals surface area contributed by atoms with Gasteiger partial charge in [0.2, 0.25) is 0 Å². The van der Waals surface area contributed by atoms with E-state index in [1.54, 1.807) is 0 Å². The van der Waals surface area contributed by atoms with Crippen LogP contribution in [0.1, 0.15) is 6.92 Å². The summed E-state index contributed by atoms with van der Waals surface area (Å²) in [7, 11) is -4.72. The van der Waals surface area contributed by atoms with Crippen LogP contribution in [0.15, 0.2) is 34.1 Å². The normalized spacial score (nSPS) is 15.0. The van der Waals surface area contributed by atoms with E-state index in [9.17, 15) is 17.4 Å². The molecule has 2 unspecified atom stereocenters. The summed E-state index contributed by atoms with van der Waals surface area (Å²) in [5.41, 5.74) is 0. The monoisotopic (exact) mass is 290 g/mol. The van der Waals surface area contributed by atoms with Crippen molar-refractivity contribution >= 4 is 26.6 Å². The number of carbonyl (C=O) groups is 1. The Bertz CT molecular complexity index is 560. The van der Waals surface area contributed by atoms with Gasteiger partial charge in [-0.3, -0.25) is 9.00 Å². The average Bonchev–Trinajstić information content (AvgIpc) is 2.27. The van der Waals surface area contributed by atoms with E-state index >= 15 is 0 Å². The van der Waals surface area contributed by atoms with Gasteiger partial charge in [-0.25, -0.2) is 8.42 Å². The van der Waals surface area contributed by atoms with E-state index in [0.29, 0.717) is 4.90 Å². The van der Waals surface area contributed by atoms with Crippen molar-refractivity contribution < 1.29 is 22.5 Å². The molecule has 0 radical (unpaired) electrons. The molecule has 1 N–H and O–H groups in total. The van der Waals surface area contributed by atoms with E-state index in [0.717, 1.165) is 6.26 Å². The molecule has 0 spiro atoms. The van der Waals surface area contributed by atoms with Gasteiger partial charge in [0.15, 0.2) is 9.84 Å². The number of carboxylic acid groups (broad SMARTS) is 1. The van der Waals surface area contributed by atoms with Crippen molar-refractivity contribution in [3.8, 4) is 0 Å². The van der Waals surface area contributed by atoms with E-state index in [1.165, 1.54) is 31.2 Å². The first-order chi connectivity index (χ1) is 8.21. The molecule has 0 fully saturated rings. The number of rotatable bonds is 5. The van der Waals surface area contributed by atoms with E-state index in [2.05, 4.69) is 0 Å². The maximum absolute atomic E-state index is 11.8. The number of hydrogen-bond acceptors (Lipinski definition) is 4. The Morgan fingerprint density at radius 1 is 1.33 bits per heavy atom. The minimum atomic E-state index is -3.27. The van der Waals surface area contributed by atoms with Crippen LogP contribution in [0.4, 0.5) is 0 Å². The highest BCUT2D eigenvalue weighted by molar-refractivity contribution is 7.90. The second-order valence-corrected chi connectivity index (χ2v) is 7.51. The van der Waals surface area contributed by atoms with Gasteiger partial charge in [0.1, 0.15) is 0 Å². The maximum Gasteiger partial charge on any atom is 0.307 e. The topological polar surface area (TPSA) is 88.5 Å². The molecular formula is C11H14O5S2. The smallest absolute Gasteiger partial charge is 0.307 e. The molecule has 0 heterocycles. The van der Waals surface area contributed by atoms with Crippen LogP contribution in [-0.4, -0.2) is 35.7 Å². The fourth-order valence-electron chi connectivity index (χ4n) is 1.23. The van der Waals surface area contributed by atoms with E-state index < -0.39 is 32.5 Å². The van der Waals surface area contributed by atoms with Crippen LogP contribution in [0.25, 0.3) is 0 Å². The molecule has 0 aliphatic rings. The molecule has 100 valence electrons. The molecule has 1 rings (SSSR count). The van der Waals surface area contributed by atoms with Crippen LogP contribution >= 0.6 is 0 Å². The Morgan fingerprint density at radius 2 is 1.83 bits per heavy atom. The highest BCUT2D eigenvalue weighted by Crippen LogP contribution is 2.14. The molecule has 0 saturated carbocycles. The third-order valence-corrected chi connectivity index (χ3v) is 5.07. The minimum absolute atomic E-state index is 0.00750. The highest BCUT2D eigenvalue weighted by atomic mass is 32.2. The van der Waals surface area contributed by atoms with Gasteiger partial charge in [0.25, 0.3) is 0 Å². The molecule has 5 nitrogen and oxygen atoms in total. The summed E-state index contributed by atoms with van der Waals surface area (Å²) >= 11 is 0. The Balaban J connectivity index is 2.86. The van der Waals surface area contributed by atoms with Crippen molar-refractivity contribution in [3.63, 3.8) is 0 Å². The molecule has 0 bridgehead atoms. The molecule has 0 aliphatic carbocycles.